The second-order valence-electron chi connectivity index (χ2n) is 4.89. The Kier molecular flexibility index (Phi) is 5.47. The van der Waals surface area contributed by atoms with Crippen LogP contribution in [0.2, 0.25) is 0 Å². The summed E-state index contributed by atoms with van der Waals surface area (Å²) in [6, 6.07) is 11.8. The molecule has 1 atom stereocenters. The van der Waals surface area contributed by atoms with E-state index < -0.39 is 11.9 Å². The van der Waals surface area contributed by atoms with Crippen LogP contribution in [0.4, 0.5) is 8.78 Å². The second-order valence-corrected chi connectivity index (χ2v) is 4.89. The number of hydrogen-bond donors (Lipinski definition) is 1. The maximum Gasteiger partial charge on any atom is 0.260 e. The third-order valence-corrected chi connectivity index (χ3v) is 3.08. The first-order chi connectivity index (χ1) is 10.5. The maximum absolute atomic E-state index is 13.0. The molecule has 0 saturated heterocycles. The Morgan fingerprint density at radius 3 is 2.50 bits per heavy atom. The second kappa shape index (κ2) is 7.54. The van der Waals surface area contributed by atoms with Crippen LogP contribution < -0.4 is 10.1 Å². The lowest BCUT2D eigenvalue weighted by molar-refractivity contribution is -0.127. The van der Waals surface area contributed by atoms with Crippen molar-refractivity contribution in [3.63, 3.8) is 0 Å². The Balaban J connectivity index is 1.79. The van der Waals surface area contributed by atoms with Gasteiger partial charge in [-0.05, 0) is 43.2 Å². The molecule has 0 heterocycles. The zero-order valence-corrected chi connectivity index (χ0v) is 12.2. The molecule has 1 N–H and O–H groups in total. The molecular weight excluding hydrogens is 288 g/mol. The summed E-state index contributed by atoms with van der Waals surface area (Å²) in [4.78, 5) is 11.9. The van der Waals surface area contributed by atoms with Crippen LogP contribution in [0.3, 0.4) is 0 Å². The molecule has 0 aliphatic rings. The van der Waals surface area contributed by atoms with E-state index in [-0.39, 0.29) is 11.7 Å². The fraction of sp³-hybridized carbons (Fsp3) is 0.235. The highest BCUT2D eigenvalue weighted by atomic mass is 19.1. The van der Waals surface area contributed by atoms with E-state index in [1.165, 1.54) is 30.3 Å². The van der Waals surface area contributed by atoms with Crippen molar-refractivity contribution in [1.82, 2.24) is 5.32 Å². The van der Waals surface area contributed by atoms with Gasteiger partial charge in [-0.2, -0.15) is 0 Å². The molecular formula is C17H17F2NO2. The number of hydrogen-bond acceptors (Lipinski definition) is 2. The number of benzene rings is 2. The van der Waals surface area contributed by atoms with E-state index in [0.717, 1.165) is 5.56 Å². The highest BCUT2D eigenvalue weighted by Gasteiger charge is 2.14. The number of amides is 1. The quantitative estimate of drug-likeness (QED) is 0.890. The van der Waals surface area contributed by atoms with Crippen molar-refractivity contribution in [1.29, 1.82) is 0 Å². The molecule has 0 fully saturated rings. The third-order valence-electron chi connectivity index (χ3n) is 3.08. The van der Waals surface area contributed by atoms with Crippen molar-refractivity contribution < 1.29 is 18.3 Å². The fourth-order valence-electron chi connectivity index (χ4n) is 1.96. The van der Waals surface area contributed by atoms with E-state index in [0.29, 0.717) is 18.7 Å². The topological polar surface area (TPSA) is 38.3 Å². The van der Waals surface area contributed by atoms with E-state index in [2.05, 4.69) is 5.32 Å². The number of halogens is 2. The van der Waals surface area contributed by atoms with Crippen LogP contribution >= 0.6 is 0 Å². The van der Waals surface area contributed by atoms with Crippen LogP contribution in [0.1, 0.15) is 12.5 Å². The van der Waals surface area contributed by atoms with Crippen molar-refractivity contribution in [3.05, 3.63) is 65.7 Å². The monoisotopic (exact) mass is 305 g/mol. The van der Waals surface area contributed by atoms with Crippen molar-refractivity contribution in [2.75, 3.05) is 6.54 Å². The maximum atomic E-state index is 13.0. The first-order valence-electron chi connectivity index (χ1n) is 6.99. The zero-order valence-electron chi connectivity index (χ0n) is 12.2. The first-order valence-corrected chi connectivity index (χ1v) is 6.99. The third kappa shape index (κ3) is 4.84. The minimum atomic E-state index is -0.741. The summed E-state index contributed by atoms with van der Waals surface area (Å²) >= 11 is 0. The van der Waals surface area contributed by atoms with E-state index in [9.17, 15) is 13.6 Å². The summed E-state index contributed by atoms with van der Waals surface area (Å²) in [5, 5.41) is 2.71. The molecule has 0 aliphatic carbocycles. The summed E-state index contributed by atoms with van der Waals surface area (Å²) in [7, 11) is 0. The smallest absolute Gasteiger partial charge is 0.260 e. The summed E-state index contributed by atoms with van der Waals surface area (Å²) in [5.74, 6) is -0.726. The van der Waals surface area contributed by atoms with Gasteiger partial charge in [0.25, 0.3) is 5.91 Å². The van der Waals surface area contributed by atoms with Crippen molar-refractivity contribution in [3.8, 4) is 5.75 Å². The van der Waals surface area contributed by atoms with E-state index in [1.54, 1.807) is 25.1 Å². The van der Waals surface area contributed by atoms with Gasteiger partial charge in [-0.3, -0.25) is 4.79 Å². The molecule has 116 valence electrons. The van der Waals surface area contributed by atoms with E-state index in [4.69, 9.17) is 4.74 Å². The van der Waals surface area contributed by atoms with Gasteiger partial charge >= 0.3 is 0 Å². The van der Waals surface area contributed by atoms with Crippen molar-refractivity contribution in [2.45, 2.75) is 19.4 Å². The zero-order chi connectivity index (χ0) is 15.9. The average Bonchev–Trinajstić information content (AvgIpc) is 2.47. The molecule has 2 aromatic carbocycles. The minimum Gasteiger partial charge on any atom is -0.481 e. The lowest BCUT2D eigenvalue weighted by Crippen LogP contribution is -2.37. The van der Waals surface area contributed by atoms with Gasteiger partial charge in [-0.1, -0.05) is 18.2 Å². The number of carbonyl (C=O) groups excluding carboxylic acids is 1. The minimum absolute atomic E-state index is 0.299. The van der Waals surface area contributed by atoms with E-state index >= 15 is 0 Å². The normalized spacial score (nSPS) is 11.8. The molecule has 0 aliphatic heterocycles. The summed E-state index contributed by atoms with van der Waals surface area (Å²) < 4.78 is 31.4. The highest BCUT2D eigenvalue weighted by molar-refractivity contribution is 5.80. The highest BCUT2D eigenvalue weighted by Crippen LogP contribution is 2.13. The Bertz CT molecular complexity index is 646. The molecule has 2 rings (SSSR count). The van der Waals surface area contributed by atoms with Gasteiger partial charge in [0.2, 0.25) is 0 Å². The molecule has 0 bridgehead atoms. The van der Waals surface area contributed by atoms with Crippen LogP contribution in [-0.4, -0.2) is 18.6 Å². The Hall–Kier alpha value is -2.43. The molecule has 0 aromatic heterocycles. The fourth-order valence-corrected chi connectivity index (χ4v) is 1.96. The summed E-state index contributed by atoms with van der Waals surface area (Å²) in [6.45, 7) is 1.96. The van der Waals surface area contributed by atoms with Gasteiger partial charge < -0.3 is 10.1 Å². The van der Waals surface area contributed by atoms with Crippen molar-refractivity contribution >= 4 is 5.91 Å². The Labute approximate surface area is 127 Å². The van der Waals surface area contributed by atoms with Crippen LogP contribution in [0.15, 0.2) is 48.5 Å². The van der Waals surface area contributed by atoms with Crippen LogP contribution in [0.25, 0.3) is 0 Å². The molecule has 0 spiro atoms. The molecule has 1 amide bonds. The average molecular weight is 305 g/mol. The standard InChI is InChI=1S/C17H17F2NO2/c1-12(22-16-7-3-6-15(19)11-16)17(21)20-9-8-13-4-2-5-14(18)10-13/h2-7,10-12H,8-9H2,1H3,(H,20,21). The number of nitrogens with one attached hydrogen (secondary N) is 1. The molecule has 0 saturated carbocycles. The first kappa shape index (κ1) is 15.9. The van der Waals surface area contributed by atoms with E-state index in [1.807, 2.05) is 0 Å². The molecule has 22 heavy (non-hydrogen) atoms. The van der Waals surface area contributed by atoms with Gasteiger partial charge in [-0.15, -0.1) is 0 Å². The van der Waals surface area contributed by atoms with Crippen LogP contribution in [0.5, 0.6) is 5.75 Å². The predicted molar refractivity (Wildman–Crippen MR) is 79.6 cm³/mol. The largest absolute Gasteiger partial charge is 0.481 e. The van der Waals surface area contributed by atoms with Gasteiger partial charge in [0.15, 0.2) is 6.10 Å². The lowest BCUT2D eigenvalue weighted by atomic mass is 10.1. The summed E-state index contributed by atoms with van der Waals surface area (Å²) in [6.07, 6.45) is -0.217. The molecule has 0 radical (unpaired) electrons. The lowest BCUT2D eigenvalue weighted by Gasteiger charge is -2.14. The van der Waals surface area contributed by atoms with Gasteiger partial charge in [0.1, 0.15) is 17.4 Å². The molecule has 2 aromatic rings. The molecule has 1 unspecified atom stereocenters. The molecule has 3 nitrogen and oxygen atoms in total. The summed E-state index contributed by atoms with van der Waals surface area (Å²) in [5.41, 5.74) is 0.805. The van der Waals surface area contributed by atoms with Crippen LogP contribution in [0, 0.1) is 11.6 Å². The van der Waals surface area contributed by atoms with Crippen molar-refractivity contribution in [2.24, 2.45) is 0 Å². The van der Waals surface area contributed by atoms with Crippen LogP contribution in [-0.2, 0) is 11.2 Å². The Morgan fingerprint density at radius 2 is 1.82 bits per heavy atom. The SMILES string of the molecule is CC(Oc1cccc(F)c1)C(=O)NCCc1cccc(F)c1. The molecule has 5 heteroatoms. The van der Waals surface area contributed by atoms with Gasteiger partial charge in [0.05, 0.1) is 0 Å². The number of carbonyl (C=O) groups is 1. The number of ether oxygens (including phenoxy) is 1. The predicted octanol–water partition coefficient (Wildman–Crippen LogP) is 3.09. The Morgan fingerprint density at radius 1 is 1.14 bits per heavy atom. The van der Waals surface area contributed by atoms with Gasteiger partial charge in [-0.25, -0.2) is 8.78 Å². The van der Waals surface area contributed by atoms with Gasteiger partial charge in [0, 0.05) is 12.6 Å². The number of rotatable bonds is 6.